The summed E-state index contributed by atoms with van der Waals surface area (Å²) in [5.74, 6) is -0.512. The molecule has 0 spiro atoms. The van der Waals surface area contributed by atoms with Gasteiger partial charge in [-0.25, -0.2) is 9.59 Å². The van der Waals surface area contributed by atoms with Crippen LogP contribution in [0.5, 0.6) is 0 Å². The molecule has 0 fully saturated rings. The topological polar surface area (TPSA) is 64.6 Å². The van der Waals surface area contributed by atoms with Gasteiger partial charge in [-0.2, -0.15) is 0 Å². The van der Waals surface area contributed by atoms with E-state index in [0.717, 1.165) is 5.56 Å². The molecule has 100 valence electrons. The third-order valence-corrected chi connectivity index (χ3v) is 2.10. The lowest BCUT2D eigenvalue weighted by atomic mass is 10.2. The summed E-state index contributed by atoms with van der Waals surface area (Å²) in [6.07, 6.45) is -0.647. The van der Waals surface area contributed by atoms with E-state index in [-0.39, 0.29) is 19.0 Å². The van der Waals surface area contributed by atoms with Crippen LogP contribution >= 0.6 is 12.4 Å². The van der Waals surface area contributed by atoms with Crippen LogP contribution in [0.25, 0.3) is 0 Å². The van der Waals surface area contributed by atoms with E-state index in [4.69, 9.17) is 4.74 Å². The van der Waals surface area contributed by atoms with E-state index >= 15 is 0 Å². The molecule has 0 saturated heterocycles. The van der Waals surface area contributed by atoms with Crippen LogP contribution in [0.15, 0.2) is 30.3 Å². The number of hydrogen-bond acceptors (Lipinski definition) is 4. The highest BCUT2D eigenvalue weighted by Crippen LogP contribution is 2.00. The normalized spacial score (nSPS) is 10.8. The summed E-state index contributed by atoms with van der Waals surface area (Å²) in [4.78, 5) is 22.3. The van der Waals surface area contributed by atoms with Crippen LogP contribution in [0.1, 0.15) is 12.5 Å². The van der Waals surface area contributed by atoms with Crippen LogP contribution in [0.2, 0.25) is 0 Å². The number of nitrogens with one attached hydrogen (secondary N) is 1. The number of alkyl carbamates (subject to hydrolysis) is 1. The van der Waals surface area contributed by atoms with Gasteiger partial charge in [0, 0.05) is 0 Å². The average Bonchev–Trinajstić information content (AvgIpc) is 2.36. The molecule has 0 aromatic heterocycles. The molecule has 1 N–H and O–H groups in total. The third-order valence-electron chi connectivity index (χ3n) is 2.10. The Labute approximate surface area is 112 Å². The summed E-state index contributed by atoms with van der Waals surface area (Å²) >= 11 is 0. The van der Waals surface area contributed by atoms with Gasteiger partial charge in [0.05, 0.1) is 7.11 Å². The van der Waals surface area contributed by atoms with E-state index in [2.05, 4.69) is 10.1 Å². The van der Waals surface area contributed by atoms with Crippen LogP contribution in [0.4, 0.5) is 4.79 Å². The zero-order valence-corrected chi connectivity index (χ0v) is 11.0. The molecule has 0 aliphatic carbocycles. The van der Waals surface area contributed by atoms with Gasteiger partial charge in [0.15, 0.2) is 0 Å². The van der Waals surface area contributed by atoms with E-state index in [9.17, 15) is 9.59 Å². The van der Waals surface area contributed by atoms with Gasteiger partial charge in [0.2, 0.25) is 0 Å². The number of rotatable bonds is 4. The zero-order chi connectivity index (χ0) is 12.7. The fourth-order valence-electron chi connectivity index (χ4n) is 1.18. The number of carbonyl (C=O) groups is 2. The molecule has 5 nitrogen and oxygen atoms in total. The molecule has 1 rings (SSSR count). The van der Waals surface area contributed by atoms with Crippen molar-refractivity contribution >= 4 is 24.5 Å². The molecule has 1 atom stereocenters. The molecule has 1 amide bonds. The highest BCUT2D eigenvalue weighted by atomic mass is 35.5. The number of methoxy groups -OCH3 is 1. The van der Waals surface area contributed by atoms with Crippen LogP contribution in [0, 0.1) is 0 Å². The van der Waals surface area contributed by atoms with E-state index in [1.807, 2.05) is 30.3 Å². The maximum Gasteiger partial charge on any atom is 0.408 e. The lowest BCUT2D eigenvalue weighted by molar-refractivity contribution is -0.142. The van der Waals surface area contributed by atoms with Crippen LogP contribution < -0.4 is 5.32 Å². The van der Waals surface area contributed by atoms with Crippen LogP contribution in [-0.4, -0.2) is 25.2 Å². The minimum Gasteiger partial charge on any atom is -0.467 e. The third kappa shape index (κ3) is 5.54. The fourth-order valence-corrected chi connectivity index (χ4v) is 1.18. The maximum absolute atomic E-state index is 11.3. The predicted molar refractivity (Wildman–Crippen MR) is 68.5 cm³/mol. The molecule has 0 aliphatic heterocycles. The van der Waals surface area contributed by atoms with Crippen molar-refractivity contribution in [2.45, 2.75) is 19.6 Å². The van der Waals surface area contributed by atoms with Crippen LogP contribution in [0.3, 0.4) is 0 Å². The van der Waals surface area contributed by atoms with Gasteiger partial charge < -0.3 is 14.8 Å². The Balaban J connectivity index is 0.00000289. The summed E-state index contributed by atoms with van der Waals surface area (Å²) in [5, 5.41) is 2.37. The summed E-state index contributed by atoms with van der Waals surface area (Å²) in [6, 6.07) is 8.56. The first-order valence-corrected chi connectivity index (χ1v) is 5.18. The van der Waals surface area contributed by atoms with E-state index in [1.54, 1.807) is 0 Å². The molecule has 1 aromatic carbocycles. The van der Waals surface area contributed by atoms with Crippen LogP contribution in [-0.2, 0) is 20.9 Å². The quantitative estimate of drug-likeness (QED) is 0.851. The molecule has 0 radical (unpaired) electrons. The SMILES string of the molecule is COC(=O)C(C)NC(=O)OCc1ccccc1.Cl. The minimum absolute atomic E-state index is 0. The van der Waals surface area contributed by atoms with E-state index < -0.39 is 18.1 Å². The Morgan fingerprint density at radius 2 is 1.89 bits per heavy atom. The lowest BCUT2D eigenvalue weighted by Gasteiger charge is -2.11. The Bertz CT molecular complexity index is 383. The second-order valence-electron chi connectivity index (χ2n) is 3.45. The van der Waals surface area contributed by atoms with Crippen molar-refractivity contribution in [3.8, 4) is 0 Å². The van der Waals surface area contributed by atoms with Crippen molar-refractivity contribution in [1.82, 2.24) is 5.32 Å². The first-order chi connectivity index (χ1) is 8.13. The Morgan fingerprint density at radius 1 is 1.28 bits per heavy atom. The summed E-state index contributed by atoms with van der Waals surface area (Å²) < 4.78 is 9.40. The van der Waals surface area contributed by atoms with E-state index in [0.29, 0.717) is 0 Å². The number of carbonyl (C=O) groups excluding carboxylic acids is 2. The monoisotopic (exact) mass is 273 g/mol. The standard InChI is InChI=1S/C12H15NO4.ClH/c1-9(11(14)16-2)13-12(15)17-8-10-6-4-3-5-7-10;/h3-7,9H,8H2,1-2H3,(H,13,15);1H. The smallest absolute Gasteiger partial charge is 0.408 e. The maximum atomic E-state index is 11.3. The highest BCUT2D eigenvalue weighted by molar-refractivity contribution is 5.85. The van der Waals surface area contributed by atoms with E-state index in [1.165, 1.54) is 14.0 Å². The van der Waals surface area contributed by atoms with Gasteiger partial charge >= 0.3 is 12.1 Å². The van der Waals surface area contributed by atoms with Gasteiger partial charge in [0.1, 0.15) is 12.6 Å². The Kier molecular flexibility index (Phi) is 7.54. The number of hydrogen-bond donors (Lipinski definition) is 1. The number of halogens is 1. The van der Waals surface area contributed by atoms with Gasteiger partial charge in [-0.05, 0) is 12.5 Å². The van der Waals surface area contributed by atoms with Crippen molar-refractivity contribution in [3.05, 3.63) is 35.9 Å². The number of ether oxygens (including phenoxy) is 2. The van der Waals surface area contributed by atoms with Crippen molar-refractivity contribution < 1.29 is 19.1 Å². The first-order valence-electron chi connectivity index (χ1n) is 5.18. The van der Waals surface area contributed by atoms with Gasteiger partial charge in [-0.1, -0.05) is 30.3 Å². The van der Waals surface area contributed by atoms with Gasteiger partial charge in [0.25, 0.3) is 0 Å². The molecule has 0 aliphatic rings. The number of benzene rings is 1. The largest absolute Gasteiger partial charge is 0.467 e. The molecule has 18 heavy (non-hydrogen) atoms. The molecular weight excluding hydrogens is 258 g/mol. The molecule has 0 bridgehead atoms. The first kappa shape index (κ1) is 16.2. The molecule has 1 aromatic rings. The summed E-state index contributed by atoms with van der Waals surface area (Å²) in [7, 11) is 1.26. The fraction of sp³-hybridized carbons (Fsp3) is 0.333. The Hall–Kier alpha value is -1.75. The number of amides is 1. The second kappa shape index (κ2) is 8.36. The van der Waals surface area contributed by atoms with Crippen molar-refractivity contribution in [1.29, 1.82) is 0 Å². The average molecular weight is 274 g/mol. The highest BCUT2D eigenvalue weighted by Gasteiger charge is 2.16. The summed E-state index contributed by atoms with van der Waals surface area (Å²) in [6.45, 7) is 1.69. The zero-order valence-electron chi connectivity index (χ0n) is 10.2. The van der Waals surface area contributed by atoms with Crippen molar-refractivity contribution in [3.63, 3.8) is 0 Å². The van der Waals surface area contributed by atoms with Crippen molar-refractivity contribution in [2.24, 2.45) is 0 Å². The minimum atomic E-state index is -0.719. The molecule has 0 saturated carbocycles. The number of esters is 1. The van der Waals surface area contributed by atoms with Gasteiger partial charge in [-0.3, -0.25) is 0 Å². The molecule has 6 heteroatoms. The van der Waals surface area contributed by atoms with Gasteiger partial charge in [-0.15, -0.1) is 12.4 Å². The summed E-state index contributed by atoms with van der Waals surface area (Å²) in [5.41, 5.74) is 0.883. The molecular formula is C12H16ClNO4. The lowest BCUT2D eigenvalue weighted by Crippen LogP contribution is -2.39. The predicted octanol–water partition coefficient (Wildman–Crippen LogP) is 1.90. The van der Waals surface area contributed by atoms with Crippen molar-refractivity contribution in [2.75, 3.05) is 7.11 Å². The molecule has 1 unspecified atom stereocenters. The Morgan fingerprint density at radius 3 is 2.44 bits per heavy atom. The second-order valence-corrected chi connectivity index (χ2v) is 3.45. The molecule has 0 heterocycles.